The number of nitrogens with one attached hydrogen (secondary N) is 2. The normalized spacial score (nSPS) is 10.5. The molecule has 3 aromatic rings. The van der Waals surface area contributed by atoms with Crippen molar-refractivity contribution in [3.05, 3.63) is 82.5 Å². The molecule has 0 fully saturated rings. The number of pyridine rings is 1. The van der Waals surface area contributed by atoms with Gasteiger partial charge in [-0.3, -0.25) is 4.79 Å². The summed E-state index contributed by atoms with van der Waals surface area (Å²) in [7, 11) is 0. The summed E-state index contributed by atoms with van der Waals surface area (Å²) in [6.45, 7) is 8.28. The first-order valence-corrected chi connectivity index (χ1v) is 9.07. The van der Waals surface area contributed by atoms with Gasteiger partial charge in [-0.05, 0) is 62.1 Å². The Morgan fingerprint density at radius 3 is 2.26 bits per heavy atom. The number of anilines is 3. The van der Waals surface area contributed by atoms with Gasteiger partial charge in [-0.25, -0.2) is 4.98 Å². The van der Waals surface area contributed by atoms with Crippen LogP contribution in [0, 0.1) is 27.7 Å². The van der Waals surface area contributed by atoms with E-state index in [0.717, 1.165) is 22.6 Å². The molecule has 138 valence electrons. The lowest BCUT2D eigenvalue weighted by atomic mass is 10.1. The van der Waals surface area contributed by atoms with Crippen molar-refractivity contribution < 1.29 is 4.79 Å². The maximum atomic E-state index is 12.3. The first kappa shape index (κ1) is 18.6. The number of benzene rings is 2. The molecule has 1 amide bonds. The van der Waals surface area contributed by atoms with Crippen LogP contribution in [0.15, 0.2) is 54.7 Å². The Morgan fingerprint density at radius 1 is 0.926 bits per heavy atom. The van der Waals surface area contributed by atoms with Crippen LogP contribution in [0.3, 0.4) is 0 Å². The van der Waals surface area contributed by atoms with Crippen molar-refractivity contribution in [2.45, 2.75) is 34.1 Å². The van der Waals surface area contributed by atoms with Crippen LogP contribution in [-0.2, 0) is 11.2 Å². The van der Waals surface area contributed by atoms with E-state index in [-0.39, 0.29) is 5.91 Å². The molecule has 0 saturated carbocycles. The fourth-order valence-electron chi connectivity index (χ4n) is 3.23. The van der Waals surface area contributed by atoms with Crippen LogP contribution in [-0.4, -0.2) is 10.9 Å². The standard InChI is InChI=1S/C23H25N3O/c1-15-11-17(3)23(18(4)12-15)26-21-10-9-20(14-24-21)25-22(27)13-19-8-6-5-7-16(19)2/h5-12,14H,13H2,1-4H3,(H,24,26)(H,25,27). The molecule has 0 spiro atoms. The summed E-state index contributed by atoms with van der Waals surface area (Å²) in [5.41, 5.74) is 7.53. The van der Waals surface area contributed by atoms with Crippen LogP contribution in [0.2, 0.25) is 0 Å². The van der Waals surface area contributed by atoms with Crippen molar-refractivity contribution >= 4 is 23.1 Å². The van der Waals surface area contributed by atoms with E-state index in [1.807, 2.05) is 43.3 Å². The summed E-state index contributed by atoms with van der Waals surface area (Å²) >= 11 is 0. The minimum absolute atomic E-state index is 0.0444. The van der Waals surface area contributed by atoms with Crippen molar-refractivity contribution in [2.24, 2.45) is 0 Å². The molecule has 4 heteroatoms. The van der Waals surface area contributed by atoms with Gasteiger partial charge >= 0.3 is 0 Å². The molecule has 0 aliphatic heterocycles. The number of aromatic nitrogens is 1. The molecule has 27 heavy (non-hydrogen) atoms. The highest BCUT2D eigenvalue weighted by Gasteiger charge is 2.08. The minimum atomic E-state index is -0.0444. The lowest BCUT2D eigenvalue weighted by molar-refractivity contribution is -0.115. The van der Waals surface area contributed by atoms with Gasteiger partial charge in [0, 0.05) is 5.69 Å². The number of hydrogen-bond acceptors (Lipinski definition) is 3. The molecule has 0 atom stereocenters. The summed E-state index contributed by atoms with van der Waals surface area (Å²) in [6.07, 6.45) is 2.03. The molecular weight excluding hydrogens is 334 g/mol. The van der Waals surface area contributed by atoms with E-state index in [9.17, 15) is 4.79 Å². The molecular formula is C23H25N3O. The third-order valence-electron chi connectivity index (χ3n) is 4.59. The van der Waals surface area contributed by atoms with E-state index in [2.05, 4.69) is 48.5 Å². The third-order valence-corrected chi connectivity index (χ3v) is 4.59. The van der Waals surface area contributed by atoms with Crippen molar-refractivity contribution in [1.29, 1.82) is 0 Å². The summed E-state index contributed by atoms with van der Waals surface area (Å²) in [6, 6.07) is 16.0. The summed E-state index contributed by atoms with van der Waals surface area (Å²) < 4.78 is 0. The smallest absolute Gasteiger partial charge is 0.228 e. The van der Waals surface area contributed by atoms with E-state index in [0.29, 0.717) is 12.1 Å². The maximum absolute atomic E-state index is 12.3. The van der Waals surface area contributed by atoms with Crippen molar-refractivity contribution in [2.75, 3.05) is 10.6 Å². The van der Waals surface area contributed by atoms with Gasteiger partial charge in [0.2, 0.25) is 5.91 Å². The number of carbonyl (C=O) groups is 1. The van der Waals surface area contributed by atoms with Crippen LogP contribution in [0.4, 0.5) is 17.2 Å². The number of rotatable bonds is 5. The molecule has 3 rings (SSSR count). The lowest BCUT2D eigenvalue weighted by Crippen LogP contribution is -2.15. The van der Waals surface area contributed by atoms with Crippen molar-refractivity contribution in [3.8, 4) is 0 Å². The Kier molecular flexibility index (Phi) is 5.55. The van der Waals surface area contributed by atoms with Crippen LogP contribution >= 0.6 is 0 Å². The average molecular weight is 359 g/mol. The summed E-state index contributed by atoms with van der Waals surface area (Å²) in [4.78, 5) is 16.7. The van der Waals surface area contributed by atoms with Gasteiger partial charge in [0.05, 0.1) is 18.3 Å². The predicted octanol–water partition coefficient (Wildman–Crippen LogP) is 5.24. The molecule has 2 N–H and O–H groups in total. The SMILES string of the molecule is Cc1cc(C)c(Nc2ccc(NC(=O)Cc3ccccc3C)cn2)c(C)c1. The zero-order chi connectivity index (χ0) is 19.4. The Labute approximate surface area is 160 Å². The number of aryl methyl sites for hydroxylation is 4. The number of carbonyl (C=O) groups excluding carboxylic acids is 1. The quantitative estimate of drug-likeness (QED) is 0.655. The van der Waals surface area contributed by atoms with Gasteiger partial charge in [0.25, 0.3) is 0 Å². The second-order valence-electron chi connectivity index (χ2n) is 6.98. The van der Waals surface area contributed by atoms with E-state index < -0.39 is 0 Å². The van der Waals surface area contributed by atoms with Gasteiger partial charge in [-0.1, -0.05) is 42.0 Å². The Bertz CT molecular complexity index is 939. The van der Waals surface area contributed by atoms with Crippen LogP contribution in [0.1, 0.15) is 27.8 Å². The predicted molar refractivity (Wildman–Crippen MR) is 112 cm³/mol. The molecule has 0 aliphatic rings. The topological polar surface area (TPSA) is 54.0 Å². The fraction of sp³-hybridized carbons (Fsp3) is 0.217. The molecule has 0 aliphatic carbocycles. The highest BCUT2D eigenvalue weighted by Crippen LogP contribution is 2.25. The van der Waals surface area contributed by atoms with Gasteiger partial charge in [0.15, 0.2) is 0 Å². The minimum Gasteiger partial charge on any atom is -0.340 e. The number of hydrogen-bond donors (Lipinski definition) is 2. The molecule has 0 saturated heterocycles. The summed E-state index contributed by atoms with van der Waals surface area (Å²) in [5.74, 6) is 0.707. The summed E-state index contributed by atoms with van der Waals surface area (Å²) in [5, 5.41) is 6.28. The number of amides is 1. The molecule has 4 nitrogen and oxygen atoms in total. The van der Waals surface area contributed by atoms with Crippen LogP contribution < -0.4 is 10.6 Å². The van der Waals surface area contributed by atoms with Crippen molar-refractivity contribution in [3.63, 3.8) is 0 Å². The zero-order valence-corrected chi connectivity index (χ0v) is 16.3. The highest BCUT2D eigenvalue weighted by atomic mass is 16.1. The van der Waals surface area contributed by atoms with E-state index in [1.165, 1.54) is 16.7 Å². The van der Waals surface area contributed by atoms with E-state index in [1.54, 1.807) is 6.20 Å². The molecule has 0 bridgehead atoms. The molecule has 2 aromatic carbocycles. The second kappa shape index (κ2) is 8.04. The molecule has 1 aromatic heterocycles. The van der Waals surface area contributed by atoms with Crippen molar-refractivity contribution in [1.82, 2.24) is 4.98 Å². The molecule has 0 unspecified atom stereocenters. The first-order chi connectivity index (χ1) is 12.9. The Balaban J connectivity index is 1.65. The van der Waals surface area contributed by atoms with Gasteiger partial charge < -0.3 is 10.6 Å². The maximum Gasteiger partial charge on any atom is 0.228 e. The van der Waals surface area contributed by atoms with E-state index >= 15 is 0 Å². The fourth-order valence-corrected chi connectivity index (χ4v) is 3.23. The van der Waals surface area contributed by atoms with Crippen LogP contribution in [0.5, 0.6) is 0 Å². The second-order valence-corrected chi connectivity index (χ2v) is 6.98. The molecule has 0 radical (unpaired) electrons. The molecule has 1 heterocycles. The van der Waals surface area contributed by atoms with Crippen LogP contribution in [0.25, 0.3) is 0 Å². The van der Waals surface area contributed by atoms with Gasteiger partial charge in [-0.15, -0.1) is 0 Å². The Morgan fingerprint density at radius 2 is 1.63 bits per heavy atom. The average Bonchev–Trinajstić information content (AvgIpc) is 2.61. The third kappa shape index (κ3) is 4.73. The van der Waals surface area contributed by atoms with Gasteiger partial charge in [0.1, 0.15) is 5.82 Å². The monoisotopic (exact) mass is 359 g/mol. The number of nitrogens with zero attached hydrogens (tertiary/aromatic N) is 1. The van der Waals surface area contributed by atoms with E-state index in [4.69, 9.17) is 0 Å². The van der Waals surface area contributed by atoms with Gasteiger partial charge in [-0.2, -0.15) is 0 Å². The Hall–Kier alpha value is -3.14. The highest BCUT2D eigenvalue weighted by molar-refractivity contribution is 5.92. The first-order valence-electron chi connectivity index (χ1n) is 9.07. The lowest BCUT2D eigenvalue weighted by Gasteiger charge is -2.14. The largest absolute Gasteiger partial charge is 0.340 e. The zero-order valence-electron chi connectivity index (χ0n) is 16.3.